The van der Waals surface area contributed by atoms with E-state index in [0.717, 1.165) is 39.5 Å². The summed E-state index contributed by atoms with van der Waals surface area (Å²) in [7, 11) is 1.59. The molecule has 1 saturated carbocycles. The smallest absolute Gasteiger partial charge is 0.384 e. The number of carbonyl (C=O) groups excluding carboxylic acids is 2. The topological polar surface area (TPSA) is 170 Å². The molecule has 3 atom stereocenters. The lowest BCUT2D eigenvalue weighted by molar-refractivity contribution is -0.141. The Hall–Kier alpha value is -6.15. The fraction of sp³-hybridized carbons (Fsp3) is 0.442. The first-order valence-corrected chi connectivity index (χ1v) is 20.2. The maximum atomic E-state index is 14.6. The van der Waals surface area contributed by atoms with Gasteiger partial charge in [-0.05, 0) is 82.9 Å². The molecule has 2 N–H and O–H groups in total. The minimum Gasteiger partial charge on any atom is -0.384 e. The summed E-state index contributed by atoms with van der Waals surface area (Å²) >= 11 is 0. The summed E-state index contributed by atoms with van der Waals surface area (Å²) < 4.78 is 77.8. The van der Waals surface area contributed by atoms with E-state index in [0.29, 0.717) is 46.9 Å². The van der Waals surface area contributed by atoms with Gasteiger partial charge in [0.1, 0.15) is 11.6 Å². The SMILES string of the molecule is COCc1cn2cc(-c3ccc([C@H]4C[C@@]45CCN([C@H](Cc4cnn(C(F)F)c4)C(=O)NC(C)(C)Cn4nc(C(F)(F)F)cc4-c4ccc(C(C)(C)O)nc4)C5=O)c(C)n3)cnc2n1. The van der Waals surface area contributed by atoms with Gasteiger partial charge in [-0.3, -0.25) is 28.6 Å². The van der Waals surface area contributed by atoms with Gasteiger partial charge in [-0.25, -0.2) is 14.6 Å². The summed E-state index contributed by atoms with van der Waals surface area (Å²) in [6.45, 7) is 5.54. The Balaban J connectivity index is 1.03. The molecule has 1 aliphatic carbocycles. The van der Waals surface area contributed by atoms with E-state index >= 15 is 0 Å². The molecule has 332 valence electrons. The second kappa shape index (κ2) is 15.9. The molecule has 1 saturated heterocycles. The van der Waals surface area contributed by atoms with E-state index in [1.54, 1.807) is 31.6 Å². The van der Waals surface area contributed by atoms with Crippen molar-refractivity contribution in [3.8, 4) is 22.5 Å². The third kappa shape index (κ3) is 8.65. The first-order valence-electron chi connectivity index (χ1n) is 20.2. The number of methoxy groups -OCH3 is 1. The average Bonchev–Trinajstić information content (AvgIpc) is 3.65. The van der Waals surface area contributed by atoms with Gasteiger partial charge < -0.3 is 20.1 Å². The van der Waals surface area contributed by atoms with E-state index in [-0.39, 0.29) is 42.6 Å². The van der Waals surface area contributed by atoms with Gasteiger partial charge in [0, 0.05) is 73.8 Å². The number of amides is 2. The fourth-order valence-electron chi connectivity index (χ4n) is 8.53. The largest absolute Gasteiger partial charge is 0.435 e. The zero-order valence-corrected chi connectivity index (χ0v) is 35.4. The van der Waals surface area contributed by atoms with Gasteiger partial charge in [-0.1, -0.05) is 6.07 Å². The van der Waals surface area contributed by atoms with Crippen molar-refractivity contribution in [3.05, 3.63) is 101 Å². The number of ether oxygens (including phenoxy) is 1. The molecule has 0 bridgehead atoms. The van der Waals surface area contributed by atoms with Gasteiger partial charge in [0.2, 0.25) is 17.6 Å². The molecule has 0 unspecified atom stereocenters. The number of pyridine rings is 2. The van der Waals surface area contributed by atoms with Crippen LogP contribution in [0.4, 0.5) is 22.0 Å². The molecule has 1 spiro atoms. The van der Waals surface area contributed by atoms with Crippen molar-refractivity contribution in [1.82, 2.24) is 54.1 Å². The van der Waals surface area contributed by atoms with Gasteiger partial charge in [-0.15, -0.1) is 0 Å². The van der Waals surface area contributed by atoms with Crippen molar-refractivity contribution in [2.45, 2.75) is 103 Å². The number of aryl methyl sites for hydroxylation is 1. The zero-order valence-electron chi connectivity index (χ0n) is 35.4. The number of aliphatic hydroxyl groups is 1. The number of hydrogen-bond donors (Lipinski definition) is 2. The lowest BCUT2D eigenvalue weighted by Gasteiger charge is -2.33. The van der Waals surface area contributed by atoms with Crippen molar-refractivity contribution in [2.24, 2.45) is 5.41 Å². The lowest BCUT2D eigenvalue weighted by Crippen LogP contribution is -2.56. The van der Waals surface area contributed by atoms with Crippen LogP contribution in [0.2, 0.25) is 0 Å². The molecule has 15 nitrogen and oxygen atoms in total. The van der Waals surface area contributed by atoms with Crippen LogP contribution in [-0.2, 0) is 45.7 Å². The standard InChI is InChI=1S/C43H46F5N11O4/c1-24-29(8-9-31(52-24)27-18-50-39-53-28(22-63-6)21-56(39)20-27)30-15-42(30)11-12-57(37(42)61)33(13-25-16-51-58(19-25)38(44)45)36(60)54-40(2,3)23-59-32(14-35(55-59)43(46,47)48)26-7-10-34(49-17-26)41(4,5)62/h7-10,14,16-21,30,33,38,62H,11-13,15,22-23H2,1-6H3,(H,54,60)/t30-,33-,42+/m1/s1. The summed E-state index contributed by atoms with van der Waals surface area (Å²) in [6, 6.07) is 6.58. The highest BCUT2D eigenvalue weighted by atomic mass is 19.4. The Kier molecular flexibility index (Phi) is 11.0. The van der Waals surface area contributed by atoms with E-state index in [1.165, 1.54) is 43.3 Å². The number of nitrogens with one attached hydrogen (secondary N) is 1. The van der Waals surface area contributed by atoms with Gasteiger partial charge in [0.25, 0.3) is 0 Å². The summed E-state index contributed by atoms with van der Waals surface area (Å²) in [5.41, 5.74) is 0.248. The number of aromatic nitrogens is 9. The van der Waals surface area contributed by atoms with Crippen molar-refractivity contribution in [1.29, 1.82) is 0 Å². The van der Waals surface area contributed by atoms with E-state index in [4.69, 9.17) is 9.72 Å². The van der Waals surface area contributed by atoms with Crippen molar-refractivity contribution in [3.63, 3.8) is 0 Å². The van der Waals surface area contributed by atoms with Gasteiger partial charge in [0.05, 0.1) is 53.1 Å². The zero-order chi connectivity index (χ0) is 45.2. The lowest BCUT2D eigenvalue weighted by atomic mass is 9.96. The molecule has 1 aliphatic heterocycles. The molecule has 20 heteroatoms. The van der Waals surface area contributed by atoms with Crippen LogP contribution in [0.5, 0.6) is 0 Å². The minimum absolute atomic E-state index is 0.0668. The second-order valence-corrected chi connectivity index (χ2v) is 17.5. The summed E-state index contributed by atoms with van der Waals surface area (Å²) in [4.78, 5) is 48.5. The molecule has 6 aromatic rings. The predicted octanol–water partition coefficient (Wildman–Crippen LogP) is 6.25. The third-order valence-electron chi connectivity index (χ3n) is 11.7. The van der Waals surface area contributed by atoms with Crippen LogP contribution >= 0.6 is 0 Å². The summed E-state index contributed by atoms with van der Waals surface area (Å²) in [5.74, 6) is -0.550. The van der Waals surface area contributed by atoms with Gasteiger partial charge in [0.15, 0.2) is 5.69 Å². The second-order valence-electron chi connectivity index (χ2n) is 17.5. The van der Waals surface area contributed by atoms with Crippen LogP contribution in [0, 0.1) is 12.3 Å². The minimum atomic E-state index is -4.78. The predicted molar refractivity (Wildman–Crippen MR) is 217 cm³/mol. The molecule has 0 radical (unpaired) electrons. The van der Waals surface area contributed by atoms with Crippen molar-refractivity contribution < 1.29 is 41.4 Å². The number of nitrogens with zero attached hydrogens (tertiary/aromatic N) is 10. The maximum Gasteiger partial charge on any atom is 0.435 e. The molecule has 2 amide bonds. The number of halogens is 5. The van der Waals surface area contributed by atoms with Gasteiger partial charge in [-0.2, -0.15) is 32.1 Å². The first-order chi connectivity index (χ1) is 29.7. The highest BCUT2D eigenvalue weighted by Gasteiger charge is 2.65. The molecule has 6 aromatic heterocycles. The summed E-state index contributed by atoms with van der Waals surface area (Å²) in [5, 5.41) is 20.9. The molecule has 8 rings (SSSR count). The van der Waals surface area contributed by atoms with Crippen LogP contribution in [-0.4, -0.2) is 91.0 Å². The highest BCUT2D eigenvalue weighted by molar-refractivity contribution is 5.94. The molecule has 63 heavy (non-hydrogen) atoms. The number of imidazole rings is 1. The number of fused-ring (bicyclic) bond motifs is 1. The van der Waals surface area contributed by atoms with Crippen LogP contribution in [0.3, 0.4) is 0 Å². The Morgan fingerprint density at radius 2 is 1.76 bits per heavy atom. The molecule has 7 heterocycles. The monoisotopic (exact) mass is 875 g/mol. The maximum absolute atomic E-state index is 14.6. The van der Waals surface area contributed by atoms with Crippen molar-refractivity contribution in [2.75, 3.05) is 13.7 Å². The number of likely N-dealkylation sites (tertiary alicyclic amines) is 1. The van der Waals surface area contributed by atoms with Crippen LogP contribution in [0.25, 0.3) is 28.3 Å². The van der Waals surface area contributed by atoms with E-state index < -0.39 is 46.9 Å². The van der Waals surface area contributed by atoms with Crippen molar-refractivity contribution >= 4 is 17.6 Å². The third-order valence-corrected chi connectivity index (χ3v) is 11.7. The molecular formula is C43H46F5N11O4. The Morgan fingerprint density at radius 1 is 1.00 bits per heavy atom. The Labute approximate surface area is 358 Å². The van der Waals surface area contributed by atoms with Crippen LogP contribution in [0.15, 0.2) is 67.5 Å². The quantitative estimate of drug-likeness (QED) is 0.119. The normalized spacial score (nSPS) is 18.6. The van der Waals surface area contributed by atoms with E-state index in [2.05, 4.69) is 30.5 Å². The number of alkyl halides is 5. The first kappa shape index (κ1) is 43.5. The number of rotatable bonds is 14. The molecule has 0 aromatic carbocycles. The van der Waals surface area contributed by atoms with Gasteiger partial charge >= 0.3 is 12.7 Å². The molecular weight excluding hydrogens is 830 g/mol. The Morgan fingerprint density at radius 3 is 2.41 bits per heavy atom. The van der Waals surface area contributed by atoms with E-state index in [1.807, 2.05) is 31.5 Å². The average molecular weight is 876 g/mol. The molecule has 2 aliphatic rings. The van der Waals surface area contributed by atoms with E-state index in [9.17, 15) is 36.6 Å². The highest BCUT2D eigenvalue weighted by Crippen LogP contribution is 2.65. The molecule has 2 fully saturated rings. The Bertz CT molecular complexity index is 2690. The number of carbonyl (C=O) groups is 2. The van der Waals surface area contributed by atoms with Crippen LogP contribution in [0.1, 0.15) is 86.9 Å². The fourth-order valence-corrected chi connectivity index (χ4v) is 8.53. The number of hydrogen-bond acceptors (Lipinski definition) is 10. The summed E-state index contributed by atoms with van der Waals surface area (Å²) in [6.07, 6.45) is 5.11. The van der Waals surface area contributed by atoms with Crippen LogP contribution < -0.4 is 5.32 Å².